The van der Waals surface area contributed by atoms with E-state index in [-0.39, 0.29) is 11.5 Å². The standard InChI is InChI=1S/C30H38N2/c31-28-25(19-22-11-3-1-4-12-22)21-30(26-17-9-10-18-26,20-23-13-5-2-6-14-23)29(32)27(28)24-15-7-8-16-24/h1-6,11-14,21,24,26,28H,7-10,15-20,31-32H2. The topological polar surface area (TPSA) is 52.0 Å². The summed E-state index contributed by atoms with van der Waals surface area (Å²) in [5.74, 6) is 1.17. The van der Waals surface area contributed by atoms with Crippen LogP contribution in [0.1, 0.15) is 62.5 Å². The monoisotopic (exact) mass is 426 g/mol. The molecule has 2 saturated carbocycles. The van der Waals surface area contributed by atoms with Gasteiger partial charge in [-0.15, -0.1) is 0 Å². The highest BCUT2D eigenvalue weighted by molar-refractivity contribution is 5.46. The second kappa shape index (κ2) is 9.27. The molecule has 3 aliphatic rings. The minimum atomic E-state index is -0.101. The third-order valence-corrected chi connectivity index (χ3v) is 8.46. The van der Waals surface area contributed by atoms with Crippen LogP contribution >= 0.6 is 0 Å². The molecular formula is C30H38N2. The molecule has 0 heterocycles. The van der Waals surface area contributed by atoms with E-state index in [1.54, 1.807) is 0 Å². The van der Waals surface area contributed by atoms with Gasteiger partial charge in [0.05, 0.1) is 0 Å². The Morgan fingerprint density at radius 1 is 0.750 bits per heavy atom. The van der Waals surface area contributed by atoms with Gasteiger partial charge in [0.15, 0.2) is 0 Å². The molecule has 2 aromatic rings. The molecule has 0 radical (unpaired) electrons. The highest BCUT2D eigenvalue weighted by Crippen LogP contribution is 2.53. The number of hydrogen-bond acceptors (Lipinski definition) is 2. The zero-order valence-electron chi connectivity index (χ0n) is 19.3. The van der Waals surface area contributed by atoms with Crippen LogP contribution in [0.25, 0.3) is 0 Å². The van der Waals surface area contributed by atoms with Crippen LogP contribution in [0.4, 0.5) is 0 Å². The average molecular weight is 427 g/mol. The fourth-order valence-electron chi connectivity index (χ4n) is 6.84. The van der Waals surface area contributed by atoms with E-state index in [4.69, 9.17) is 11.5 Å². The molecular weight excluding hydrogens is 388 g/mol. The fraction of sp³-hybridized carbons (Fsp3) is 0.467. The summed E-state index contributed by atoms with van der Waals surface area (Å²) in [5.41, 5.74) is 20.9. The van der Waals surface area contributed by atoms with Gasteiger partial charge in [0.25, 0.3) is 0 Å². The largest absolute Gasteiger partial charge is 0.401 e. The van der Waals surface area contributed by atoms with E-state index in [9.17, 15) is 0 Å². The predicted octanol–water partition coefficient (Wildman–Crippen LogP) is 6.32. The number of hydrogen-bond donors (Lipinski definition) is 2. The average Bonchev–Trinajstić information content (AvgIpc) is 3.54. The van der Waals surface area contributed by atoms with Gasteiger partial charge >= 0.3 is 0 Å². The van der Waals surface area contributed by atoms with Crippen LogP contribution in [0.5, 0.6) is 0 Å². The minimum Gasteiger partial charge on any atom is -0.401 e. The third kappa shape index (κ3) is 4.06. The molecule has 2 nitrogen and oxygen atoms in total. The van der Waals surface area contributed by atoms with Crippen molar-refractivity contribution in [3.8, 4) is 0 Å². The van der Waals surface area contributed by atoms with Gasteiger partial charge in [-0.1, -0.05) is 92.4 Å². The molecule has 5 rings (SSSR count). The maximum Gasteiger partial charge on any atom is 0.0496 e. The molecule has 0 aliphatic heterocycles. The number of nitrogens with two attached hydrogens (primary N) is 2. The predicted molar refractivity (Wildman–Crippen MR) is 134 cm³/mol. The SMILES string of the molecule is NC1=C(C2CCCC2)C(N)C(Cc2ccccc2)=CC1(Cc1ccccc1)C1CCCC1. The first kappa shape index (κ1) is 21.5. The molecule has 3 aliphatic carbocycles. The van der Waals surface area contributed by atoms with E-state index in [0.29, 0.717) is 11.8 Å². The Bertz CT molecular complexity index is 962. The van der Waals surface area contributed by atoms with Gasteiger partial charge in [-0.25, -0.2) is 0 Å². The summed E-state index contributed by atoms with van der Waals surface area (Å²) in [7, 11) is 0. The lowest BCUT2D eigenvalue weighted by molar-refractivity contribution is 0.263. The van der Waals surface area contributed by atoms with Gasteiger partial charge in [-0.05, 0) is 72.6 Å². The molecule has 4 N–H and O–H groups in total. The van der Waals surface area contributed by atoms with E-state index in [1.807, 2.05) is 0 Å². The van der Waals surface area contributed by atoms with Gasteiger partial charge in [-0.2, -0.15) is 0 Å². The van der Waals surface area contributed by atoms with Crippen LogP contribution in [0.3, 0.4) is 0 Å². The molecule has 2 aromatic carbocycles. The molecule has 0 bridgehead atoms. The molecule has 2 fully saturated rings. The first-order chi connectivity index (χ1) is 15.7. The van der Waals surface area contributed by atoms with Crippen molar-refractivity contribution in [1.29, 1.82) is 0 Å². The minimum absolute atomic E-state index is 0.0383. The van der Waals surface area contributed by atoms with Crippen LogP contribution < -0.4 is 11.5 Å². The van der Waals surface area contributed by atoms with Crippen molar-refractivity contribution >= 4 is 0 Å². The van der Waals surface area contributed by atoms with Crippen molar-refractivity contribution < 1.29 is 0 Å². The van der Waals surface area contributed by atoms with Crippen LogP contribution in [-0.4, -0.2) is 6.04 Å². The van der Waals surface area contributed by atoms with E-state index in [1.165, 1.54) is 73.6 Å². The first-order valence-corrected chi connectivity index (χ1v) is 12.7. The van der Waals surface area contributed by atoms with Gasteiger partial charge in [0.1, 0.15) is 0 Å². The Balaban J connectivity index is 1.63. The Hall–Kier alpha value is -2.32. The maximum absolute atomic E-state index is 7.27. The van der Waals surface area contributed by atoms with Gasteiger partial charge in [-0.3, -0.25) is 0 Å². The summed E-state index contributed by atoms with van der Waals surface area (Å²) in [6, 6.07) is 21.8. The summed E-state index contributed by atoms with van der Waals surface area (Å²) in [5, 5.41) is 0. The van der Waals surface area contributed by atoms with Crippen LogP contribution in [0, 0.1) is 17.3 Å². The zero-order valence-corrected chi connectivity index (χ0v) is 19.3. The van der Waals surface area contributed by atoms with Gasteiger partial charge in [0.2, 0.25) is 0 Å². The summed E-state index contributed by atoms with van der Waals surface area (Å²) >= 11 is 0. The van der Waals surface area contributed by atoms with E-state index < -0.39 is 0 Å². The van der Waals surface area contributed by atoms with Crippen LogP contribution in [0.2, 0.25) is 0 Å². The molecule has 0 spiro atoms. The lowest BCUT2D eigenvalue weighted by Crippen LogP contribution is -2.46. The maximum atomic E-state index is 7.27. The Morgan fingerprint density at radius 2 is 1.31 bits per heavy atom. The second-order valence-electron chi connectivity index (χ2n) is 10.4. The van der Waals surface area contributed by atoms with E-state index in [2.05, 4.69) is 66.7 Å². The van der Waals surface area contributed by atoms with Crippen molar-refractivity contribution in [2.24, 2.45) is 28.7 Å². The third-order valence-electron chi connectivity index (χ3n) is 8.46. The number of rotatable bonds is 6. The normalized spacial score (nSPS) is 27.2. The Morgan fingerprint density at radius 3 is 1.94 bits per heavy atom. The molecule has 168 valence electrons. The first-order valence-electron chi connectivity index (χ1n) is 12.7. The van der Waals surface area contributed by atoms with E-state index >= 15 is 0 Å². The quantitative estimate of drug-likeness (QED) is 0.531. The van der Waals surface area contributed by atoms with Crippen molar-refractivity contribution in [2.45, 2.75) is 70.3 Å². The van der Waals surface area contributed by atoms with Crippen molar-refractivity contribution in [3.05, 3.63) is 94.7 Å². The molecule has 32 heavy (non-hydrogen) atoms. The van der Waals surface area contributed by atoms with Crippen molar-refractivity contribution in [3.63, 3.8) is 0 Å². The summed E-state index contributed by atoms with van der Waals surface area (Å²) in [6.07, 6.45) is 14.8. The van der Waals surface area contributed by atoms with Crippen molar-refractivity contribution in [2.75, 3.05) is 0 Å². The molecule has 2 atom stereocenters. The van der Waals surface area contributed by atoms with Crippen LogP contribution in [0.15, 0.2) is 83.6 Å². The Labute approximate surface area is 193 Å². The van der Waals surface area contributed by atoms with Gasteiger partial charge in [0, 0.05) is 17.2 Å². The van der Waals surface area contributed by atoms with Crippen LogP contribution in [-0.2, 0) is 12.8 Å². The van der Waals surface area contributed by atoms with Gasteiger partial charge < -0.3 is 11.5 Å². The fourth-order valence-corrected chi connectivity index (χ4v) is 6.84. The molecule has 0 saturated heterocycles. The zero-order chi connectivity index (χ0) is 22.0. The molecule has 2 unspecified atom stereocenters. The highest BCUT2D eigenvalue weighted by atomic mass is 14.8. The number of allylic oxidation sites excluding steroid dienone is 1. The highest BCUT2D eigenvalue weighted by Gasteiger charge is 2.47. The van der Waals surface area contributed by atoms with E-state index in [0.717, 1.165) is 18.5 Å². The molecule has 0 aromatic heterocycles. The lowest BCUT2D eigenvalue weighted by Gasteiger charge is -2.45. The molecule has 2 heteroatoms. The Kier molecular flexibility index (Phi) is 6.24. The second-order valence-corrected chi connectivity index (χ2v) is 10.4. The summed E-state index contributed by atoms with van der Waals surface area (Å²) in [6.45, 7) is 0. The summed E-state index contributed by atoms with van der Waals surface area (Å²) < 4.78 is 0. The summed E-state index contributed by atoms with van der Waals surface area (Å²) in [4.78, 5) is 0. The smallest absolute Gasteiger partial charge is 0.0496 e. The molecule has 0 amide bonds. The number of benzene rings is 2. The van der Waals surface area contributed by atoms with Crippen molar-refractivity contribution in [1.82, 2.24) is 0 Å². The lowest BCUT2D eigenvalue weighted by atomic mass is 9.61.